The van der Waals surface area contributed by atoms with Crippen LogP contribution in [0.4, 0.5) is 4.79 Å². The van der Waals surface area contributed by atoms with E-state index in [2.05, 4.69) is 20.8 Å². The summed E-state index contributed by atoms with van der Waals surface area (Å²) in [5.41, 5.74) is 0. The first-order valence-corrected chi connectivity index (χ1v) is 5.20. The molecule has 0 aliphatic heterocycles. The molecule has 0 unspecified atom stereocenters. The van der Waals surface area contributed by atoms with Crippen molar-refractivity contribution in [3.63, 3.8) is 0 Å². The van der Waals surface area contributed by atoms with Gasteiger partial charge >= 0.3 is 12.0 Å². The minimum atomic E-state index is -1.21. The third-order valence-electron chi connectivity index (χ3n) is 2.00. The molecule has 18 heavy (non-hydrogen) atoms. The fourth-order valence-corrected chi connectivity index (χ4v) is 1.17. The van der Waals surface area contributed by atoms with Crippen LogP contribution in [0.25, 0.3) is 0 Å². The average molecular weight is 258 g/mol. The summed E-state index contributed by atoms with van der Waals surface area (Å²) in [5.74, 6) is -0.554. The first-order valence-electron chi connectivity index (χ1n) is 5.20. The van der Waals surface area contributed by atoms with Crippen LogP contribution in [0.2, 0.25) is 0 Å². The van der Waals surface area contributed by atoms with Gasteiger partial charge in [0.2, 0.25) is 5.89 Å². The zero-order chi connectivity index (χ0) is 13.5. The molecule has 1 heterocycles. The van der Waals surface area contributed by atoms with Crippen molar-refractivity contribution in [2.45, 2.75) is 25.9 Å². The number of carbonyl (C=O) groups excluding carboxylic acids is 1. The van der Waals surface area contributed by atoms with Gasteiger partial charge in [0.05, 0.1) is 6.54 Å². The Labute approximate surface area is 102 Å². The summed E-state index contributed by atoms with van der Waals surface area (Å²) in [7, 11) is 0. The van der Waals surface area contributed by atoms with Gasteiger partial charge < -0.3 is 25.4 Å². The summed E-state index contributed by atoms with van der Waals surface area (Å²) in [4.78, 5) is 25.9. The Bertz CT molecular complexity index is 419. The van der Waals surface area contributed by atoms with Crippen molar-refractivity contribution in [3.8, 4) is 0 Å². The third kappa shape index (κ3) is 4.37. The second-order valence-corrected chi connectivity index (χ2v) is 3.46. The van der Waals surface area contributed by atoms with E-state index in [1.807, 2.05) is 0 Å². The molecule has 9 heteroatoms. The van der Waals surface area contributed by atoms with Gasteiger partial charge in [-0.1, -0.05) is 5.16 Å². The van der Waals surface area contributed by atoms with Gasteiger partial charge in [-0.15, -0.1) is 0 Å². The molecule has 0 spiro atoms. The molecule has 1 atom stereocenters. The Morgan fingerprint density at radius 1 is 1.50 bits per heavy atom. The molecule has 1 rings (SSSR count). The molecule has 0 fully saturated rings. The maximum absolute atomic E-state index is 11.4. The number of hydrogen-bond donors (Lipinski definition) is 4. The van der Waals surface area contributed by atoms with Gasteiger partial charge in [-0.05, 0) is 0 Å². The van der Waals surface area contributed by atoms with Gasteiger partial charge in [0, 0.05) is 20.0 Å². The van der Waals surface area contributed by atoms with Crippen molar-refractivity contribution in [1.29, 1.82) is 0 Å². The summed E-state index contributed by atoms with van der Waals surface area (Å²) < 4.78 is 4.69. The van der Waals surface area contributed by atoms with Gasteiger partial charge in [-0.2, -0.15) is 4.98 Å². The molecule has 9 nitrogen and oxygen atoms in total. The van der Waals surface area contributed by atoms with Gasteiger partial charge in [-0.3, -0.25) is 0 Å². The summed E-state index contributed by atoms with van der Waals surface area (Å²) in [6, 6.07) is -1.82. The molecule has 0 aliphatic carbocycles. The van der Waals surface area contributed by atoms with E-state index in [4.69, 9.17) is 14.7 Å². The lowest BCUT2D eigenvalue weighted by Gasteiger charge is -2.13. The van der Waals surface area contributed by atoms with Crippen LogP contribution < -0.4 is 10.6 Å². The lowest BCUT2D eigenvalue weighted by atomic mass is 10.2. The monoisotopic (exact) mass is 258 g/mol. The molecule has 4 N–H and O–H groups in total. The highest BCUT2D eigenvalue weighted by molar-refractivity contribution is 5.82. The third-order valence-corrected chi connectivity index (χ3v) is 2.00. The Balaban J connectivity index is 2.38. The van der Waals surface area contributed by atoms with Crippen molar-refractivity contribution < 1.29 is 24.3 Å². The van der Waals surface area contributed by atoms with Gasteiger partial charge in [0.15, 0.2) is 5.82 Å². The quantitative estimate of drug-likeness (QED) is 0.514. The lowest BCUT2D eigenvalue weighted by molar-refractivity contribution is -0.139. The Morgan fingerprint density at radius 2 is 2.22 bits per heavy atom. The largest absolute Gasteiger partial charge is 0.480 e. The maximum Gasteiger partial charge on any atom is 0.326 e. The van der Waals surface area contributed by atoms with Crippen molar-refractivity contribution in [3.05, 3.63) is 11.7 Å². The predicted molar refractivity (Wildman–Crippen MR) is 57.5 cm³/mol. The highest BCUT2D eigenvalue weighted by atomic mass is 16.5. The molecule has 100 valence electrons. The van der Waals surface area contributed by atoms with E-state index in [1.54, 1.807) is 6.92 Å². The maximum atomic E-state index is 11.4. The van der Waals surface area contributed by atoms with E-state index in [1.165, 1.54) is 0 Å². The van der Waals surface area contributed by atoms with Crippen molar-refractivity contribution in [2.75, 3.05) is 6.61 Å². The van der Waals surface area contributed by atoms with Crippen LogP contribution in [0.1, 0.15) is 18.1 Å². The molecule has 0 saturated heterocycles. The summed E-state index contributed by atoms with van der Waals surface area (Å²) in [5, 5.41) is 25.5. The van der Waals surface area contributed by atoms with Crippen molar-refractivity contribution >= 4 is 12.0 Å². The molecule has 0 radical (unpaired) electrons. The van der Waals surface area contributed by atoms with E-state index in [9.17, 15) is 9.59 Å². The molecular formula is C9H14N4O5. The minimum Gasteiger partial charge on any atom is -0.480 e. The SMILES string of the molecule is Cc1nc(CNC(=O)N[C@H](CCO)C(=O)O)no1. The zero-order valence-electron chi connectivity index (χ0n) is 9.71. The van der Waals surface area contributed by atoms with Crippen LogP contribution in [-0.2, 0) is 11.3 Å². The molecular weight excluding hydrogens is 244 g/mol. The second-order valence-electron chi connectivity index (χ2n) is 3.46. The second kappa shape index (κ2) is 6.55. The number of urea groups is 1. The fraction of sp³-hybridized carbons (Fsp3) is 0.556. The van der Waals surface area contributed by atoms with E-state index >= 15 is 0 Å². The molecule has 0 bridgehead atoms. The summed E-state index contributed by atoms with van der Waals surface area (Å²) in [6.45, 7) is 1.30. The summed E-state index contributed by atoms with van der Waals surface area (Å²) in [6.07, 6.45) is -0.0654. The first kappa shape index (κ1) is 13.9. The number of aryl methyl sites for hydroxylation is 1. The minimum absolute atomic E-state index is 0.0225. The molecule has 0 aromatic carbocycles. The average Bonchev–Trinajstić information content (AvgIpc) is 2.72. The molecule has 0 aliphatic rings. The highest BCUT2D eigenvalue weighted by Crippen LogP contribution is 1.95. The Hall–Kier alpha value is -2.16. The topological polar surface area (TPSA) is 138 Å². The van der Waals surface area contributed by atoms with Gasteiger partial charge in [0.25, 0.3) is 0 Å². The number of aliphatic hydroxyl groups excluding tert-OH is 1. The van der Waals surface area contributed by atoms with E-state index in [-0.39, 0.29) is 25.4 Å². The number of aliphatic hydroxyl groups is 1. The number of aliphatic carboxylic acids is 1. The van der Waals surface area contributed by atoms with E-state index in [0.29, 0.717) is 5.89 Å². The van der Waals surface area contributed by atoms with Crippen molar-refractivity contribution in [2.24, 2.45) is 0 Å². The molecule has 2 amide bonds. The molecule has 1 aromatic rings. The van der Waals surface area contributed by atoms with Crippen LogP contribution in [0.15, 0.2) is 4.52 Å². The van der Waals surface area contributed by atoms with Crippen LogP contribution in [-0.4, -0.2) is 45.0 Å². The Kier molecular flexibility index (Phi) is 5.06. The number of carboxylic acid groups (broad SMARTS) is 1. The van der Waals surface area contributed by atoms with Crippen LogP contribution in [0.5, 0.6) is 0 Å². The number of nitrogens with zero attached hydrogens (tertiary/aromatic N) is 2. The molecule has 1 aromatic heterocycles. The number of nitrogens with one attached hydrogen (secondary N) is 2. The number of aromatic nitrogens is 2. The van der Waals surface area contributed by atoms with Crippen LogP contribution in [0.3, 0.4) is 0 Å². The van der Waals surface area contributed by atoms with Crippen LogP contribution in [0, 0.1) is 6.92 Å². The fourth-order valence-electron chi connectivity index (χ4n) is 1.17. The number of hydrogen-bond acceptors (Lipinski definition) is 6. The lowest BCUT2D eigenvalue weighted by Crippen LogP contribution is -2.46. The number of rotatable bonds is 6. The number of carbonyl (C=O) groups is 2. The highest BCUT2D eigenvalue weighted by Gasteiger charge is 2.19. The van der Waals surface area contributed by atoms with Crippen molar-refractivity contribution in [1.82, 2.24) is 20.8 Å². The Morgan fingerprint density at radius 3 is 2.72 bits per heavy atom. The zero-order valence-corrected chi connectivity index (χ0v) is 9.71. The van der Waals surface area contributed by atoms with E-state index < -0.39 is 18.0 Å². The molecule has 0 saturated carbocycles. The van der Waals surface area contributed by atoms with E-state index in [0.717, 1.165) is 0 Å². The summed E-state index contributed by atoms with van der Waals surface area (Å²) >= 11 is 0. The van der Waals surface area contributed by atoms with Gasteiger partial charge in [-0.25, -0.2) is 9.59 Å². The number of carboxylic acids is 1. The predicted octanol–water partition coefficient (Wildman–Crippen LogP) is -0.987. The number of amides is 2. The normalized spacial score (nSPS) is 11.9. The first-order chi connectivity index (χ1) is 8.52. The smallest absolute Gasteiger partial charge is 0.326 e. The van der Waals surface area contributed by atoms with Crippen LogP contribution >= 0.6 is 0 Å². The van der Waals surface area contributed by atoms with Gasteiger partial charge in [0.1, 0.15) is 6.04 Å². The standard InChI is InChI=1S/C9H14N4O5/c1-5-11-7(13-18-5)4-10-9(17)12-6(2-3-14)8(15)16/h6,14H,2-4H2,1H3,(H,15,16)(H2,10,12,17)/t6-/m1/s1.